The molecule has 0 spiro atoms. The van der Waals surface area contributed by atoms with Gasteiger partial charge in [0.1, 0.15) is 12.4 Å². The lowest BCUT2D eigenvalue weighted by molar-refractivity contribution is -0.117. The molecule has 0 heterocycles. The Balaban J connectivity index is 1.83. The maximum Gasteiger partial charge on any atom is 0.410 e. The molecule has 2 rings (SSSR count). The Bertz CT molecular complexity index is 810. The van der Waals surface area contributed by atoms with Crippen LogP contribution in [-0.4, -0.2) is 52.9 Å². The zero-order chi connectivity index (χ0) is 21.9. The van der Waals surface area contributed by atoms with E-state index in [1.165, 1.54) is 4.90 Å². The third-order valence-corrected chi connectivity index (χ3v) is 4.62. The summed E-state index contributed by atoms with van der Waals surface area (Å²) in [4.78, 5) is 25.8. The fourth-order valence-corrected chi connectivity index (χ4v) is 3.04. The van der Waals surface area contributed by atoms with Gasteiger partial charge in [-0.05, 0) is 41.8 Å². The number of anilines is 1. The van der Waals surface area contributed by atoms with Gasteiger partial charge < -0.3 is 25.8 Å². The second-order valence-electron chi connectivity index (χ2n) is 6.58. The molecule has 0 aliphatic carbocycles. The number of amides is 2. The minimum atomic E-state index is -0.731. The largest absolute Gasteiger partial charge is 0.508 e. The second kappa shape index (κ2) is 12.3. The van der Waals surface area contributed by atoms with Crippen molar-refractivity contribution in [2.75, 3.05) is 30.2 Å². The number of alkyl halides is 2. The summed E-state index contributed by atoms with van der Waals surface area (Å²) in [5.41, 5.74) is 8.18. The number of nitrogens with two attached hydrogens (primary N) is 1. The van der Waals surface area contributed by atoms with E-state index < -0.39 is 12.1 Å². The predicted octanol–water partition coefficient (Wildman–Crippen LogP) is 3.32. The van der Waals surface area contributed by atoms with Crippen molar-refractivity contribution < 1.29 is 19.4 Å². The summed E-state index contributed by atoms with van der Waals surface area (Å²) < 4.78 is 5.27. The number of hydrogen-bond acceptors (Lipinski definition) is 5. The molecule has 0 saturated carbocycles. The molecular weight excluding hydrogens is 429 g/mol. The lowest BCUT2D eigenvalue weighted by atomic mass is 10.1. The van der Waals surface area contributed by atoms with Crippen molar-refractivity contribution >= 4 is 40.9 Å². The van der Waals surface area contributed by atoms with Crippen molar-refractivity contribution in [2.24, 2.45) is 5.73 Å². The SMILES string of the molecule is N[C@@H](Cc1ccc(O)cc1)C(=O)Nc1ccc(COC(=O)N(CCCl)CCCl)cc1. The van der Waals surface area contributed by atoms with E-state index in [2.05, 4.69) is 5.32 Å². The molecule has 4 N–H and O–H groups in total. The first-order valence-corrected chi connectivity index (χ1v) is 10.5. The standard InChI is InChI=1S/C21H25Cl2N3O4/c22-9-11-26(12-10-23)21(29)30-14-16-1-5-17(6-2-16)25-20(28)19(24)13-15-3-7-18(27)8-4-15/h1-8,19,27H,9-14,24H2,(H,25,28)/t19-/m0/s1. The van der Waals surface area contributed by atoms with Gasteiger partial charge in [-0.1, -0.05) is 24.3 Å². The van der Waals surface area contributed by atoms with Gasteiger partial charge >= 0.3 is 6.09 Å². The molecule has 0 saturated heterocycles. The number of ether oxygens (including phenoxy) is 1. The lowest BCUT2D eigenvalue weighted by Gasteiger charge is -2.20. The monoisotopic (exact) mass is 453 g/mol. The number of nitrogens with one attached hydrogen (secondary N) is 1. The first-order valence-electron chi connectivity index (χ1n) is 9.40. The molecule has 2 aromatic rings. The minimum Gasteiger partial charge on any atom is -0.508 e. The van der Waals surface area contributed by atoms with Gasteiger partial charge in [0, 0.05) is 30.5 Å². The second-order valence-corrected chi connectivity index (χ2v) is 7.34. The molecule has 0 fully saturated rings. The van der Waals surface area contributed by atoms with Crippen molar-refractivity contribution in [3.63, 3.8) is 0 Å². The number of benzene rings is 2. The van der Waals surface area contributed by atoms with Crippen molar-refractivity contribution in [2.45, 2.75) is 19.1 Å². The lowest BCUT2D eigenvalue weighted by Crippen LogP contribution is -2.37. The van der Waals surface area contributed by atoms with Crippen LogP contribution in [0.1, 0.15) is 11.1 Å². The van der Waals surface area contributed by atoms with Gasteiger partial charge in [0.25, 0.3) is 0 Å². The van der Waals surface area contributed by atoms with Crippen LogP contribution in [0.25, 0.3) is 0 Å². The summed E-state index contributed by atoms with van der Waals surface area (Å²) in [6, 6.07) is 12.7. The summed E-state index contributed by atoms with van der Waals surface area (Å²) in [5.74, 6) is 0.443. The molecule has 0 unspecified atom stereocenters. The first-order chi connectivity index (χ1) is 14.4. The molecule has 0 aliphatic rings. The number of halogens is 2. The normalized spacial score (nSPS) is 11.6. The van der Waals surface area contributed by atoms with Crippen LogP contribution in [0.15, 0.2) is 48.5 Å². The molecule has 1 atom stereocenters. The summed E-state index contributed by atoms with van der Waals surface area (Å²) in [7, 11) is 0. The number of rotatable bonds is 10. The van der Waals surface area contributed by atoms with Crippen molar-refractivity contribution in [1.29, 1.82) is 0 Å². The van der Waals surface area contributed by atoms with Gasteiger partial charge in [0.05, 0.1) is 6.04 Å². The number of carbonyl (C=O) groups is 2. The number of nitrogens with zero attached hydrogens (tertiary/aromatic N) is 1. The van der Waals surface area contributed by atoms with Gasteiger partial charge in [0.15, 0.2) is 0 Å². The zero-order valence-electron chi connectivity index (χ0n) is 16.4. The number of carbonyl (C=O) groups excluding carboxylic acids is 2. The highest BCUT2D eigenvalue weighted by atomic mass is 35.5. The summed E-state index contributed by atoms with van der Waals surface area (Å²) >= 11 is 11.4. The molecule has 30 heavy (non-hydrogen) atoms. The zero-order valence-corrected chi connectivity index (χ0v) is 17.9. The van der Waals surface area contributed by atoms with E-state index in [9.17, 15) is 14.7 Å². The number of hydrogen-bond donors (Lipinski definition) is 3. The molecule has 0 aliphatic heterocycles. The maximum atomic E-state index is 12.3. The summed E-state index contributed by atoms with van der Waals surface area (Å²) in [6.07, 6.45) is -0.129. The Morgan fingerprint density at radius 2 is 1.57 bits per heavy atom. The van der Waals surface area contributed by atoms with E-state index in [0.717, 1.165) is 11.1 Å². The summed E-state index contributed by atoms with van der Waals surface area (Å²) in [6.45, 7) is 0.819. The smallest absolute Gasteiger partial charge is 0.410 e. The van der Waals surface area contributed by atoms with Gasteiger partial charge in [-0.3, -0.25) is 4.79 Å². The van der Waals surface area contributed by atoms with Crippen LogP contribution >= 0.6 is 23.2 Å². The highest BCUT2D eigenvalue weighted by Crippen LogP contribution is 2.14. The fraction of sp³-hybridized carbons (Fsp3) is 0.333. The van der Waals surface area contributed by atoms with E-state index in [1.807, 2.05) is 0 Å². The van der Waals surface area contributed by atoms with Gasteiger partial charge in [0.2, 0.25) is 5.91 Å². The first kappa shape index (κ1) is 23.8. The molecule has 2 aromatic carbocycles. The average molecular weight is 454 g/mol. The molecule has 2 amide bonds. The van der Waals surface area contributed by atoms with Crippen LogP contribution in [0.4, 0.5) is 10.5 Å². The maximum absolute atomic E-state index is 12.3. The van der Waals surface area contributed by atoms with Crippen LogP contribution < -0.4 is 11.1 Å². The van der Waals surface area contributed by atoms with Crippen LogP contribution in [0.5, 0.6) is 5.75 Å². The predicted molar refractivity (Wildman–Crippen MR) is 118 cm³/mol. The summed E-state index contributed by atoms with van der Waals surface area (Å²) in [5, 5.41) is 12.1. The number of phenols is 1. The van der Waals surface area contributed by atoms with Crippen molar-refractivity contribution in [1.82, 2.24) is 4.90 Å². The molecule has 9 heteroatoms. The van der Waals surface area contributed by atoms with E-state index in [4.69, 9.17) is 33.7 Å². The molecule has 162 valence electrons. The van der Waals surface area contributed by atoms with Crippen LogP contribution in [-0.2, 0) is 22.6 Å². The molecule has 0 bridgehead atoms. The van der Waals surface area contributed by atoms with Gasteiger partial charge in [-0.2, -0.15) is 0 Å². The minimum absolute atomic E-state index is 0.0918. The third kappa shape index (κ3) is 7.74. The van der Waals surface area contributed by atoms with Crippen molar-refractivity contribution in [3.05, 3.63) is 59.7 Å². The average Bonchev–Trinajstić information content (AvgIpc) is 2.74. The Labute approximate surface area is 185 Å². The fourth-order valence-electron chi connectivity index (χ4n) is 2.63. The van der Waals surface area contributed by atoms with E-state index >= 15 is 0 Å². The van der Waals surface area contributed by atoms with Gasteiger partial charge in [-0.15, -0.1) is 23.2 Å². The molecular formula is C21H25Cl2N3O4. The third-order valence-electron chi connectivity index (χ3n) is 4.28. The number of aromatic hydroxyl groups is 1. The van der Waals surface area contributed by atoms with Gasteiger partial charge in [-0.25, -0.2) is 4.79 Å². The van der Waals surface area contributed by atoms with E-state index in [-0.39, 0.29) is 18.3 Å². The molecule has 0 aromatic heterocycles. The Kier molecular flexibility index (Phi) is 9.73. The quantitative estimate of drug-likeness (QED) is 0.478. The topological polar surface area (TPSA) is 105 Å². The van der Waals surface area contributed by atoms with E-state index in [0.29, 0.717) is 37.0 Å². The Morgan fingerprint density at radius 1 is 1.00 bits per heavy atom. The van der Waals surface area contributed by atoms with Crippen LogP contribution in [0.3, 0.4) is 0 Å². The van der Waals surface area contributed by atoms with Crippen LogP contribution in [0, 0.1) is 0 Å². The van der Waals surface area contributed by atoms with E-state index in [1.54, 1.807) is 48.5 Å². The van der Waals surface area contributed by atoms with Crippen LogP contribution in [0.2, 0.25) is 0 Å². The van der Waals surface area contributed by atoms with Crippen molar-refractivity contribution in [3.8, 4) is 5.75 Å². The molecule has 7 nitrogen and oxygen atoms in total. The molecule has 0 radical (unpaired) electrons. The highest BCUT2D eigenvalue weighted by molar-refractivity contribution is 6.18. The number of phenolic OH excluding ortho intramolecular Hbond substituents is 1. The Morgan fingerprint density at radius 3 is 2.13 bits per heavy atom. The highest BCUT2D eigenvalue weighted by Gasteiger charge is 2.15. The Hall–Kier alpha value is -2.48.